The minimum Gasteiger partial charge on any atom is -0.352 e. The molecule has 1 aliphatic carbocycles. The SMILES string of the molecule is CCC(C(=O)NC1CCCCC1)N(Cc1ccc(Cl)cc1Cl)C(=O)CN(c1cccc(C(F)(F)F)c1)S(C)(=O)=O. The van der Waals surface area contributed by atoms with Crippen molar-refractivity contribution in [2.45, 2.75) is 70.3 Å². The Hall–Kier alpha value is -2.50. The largest absolute Gasteiger partial charge is 0.416 e. The van der Waals surface area contributed by atoms with Crippen LogP contribution in [-0.2, 0) is 32.3 Å². The summed E-state index contributed by atoms with van der Waals surface area (Å²) in [5.41, 5.74) is -0.919. The van der Waals surface area contributed by atoms with Crippen LogP contribution in [0.1, 0.15) is 56.6 Å². The number of nitrogens with one attached hydrogen (secondary N) is 1. The molecule has 0 bridgehead atoms. The molecular formula is C27H32Cl2F3N3O4S. The molecule has 1 aliphatic rings. The van der Waals surface area contributed by atoms with E-state index in [1.807, 2.05) is 0 Å². The number of sulfonamides is 1. The van der Waals surface area contributed by atoms with Crippen LogP contribution >= 0.6 is 23.2 Å². The van der Waals surface area contributed by atoms with Gasteiger partial charge in [-0.15, -0.1) is 0 Å². The molecule has 0 heterocycles. The summed E-state index contributed by atoms with van der Waals surface area (Å²) < 4.78 is 66.0. The van der Waals surface area contributed by atoms with E-state index in [-0.39, 0.29) is 29.7 Å². The lowest BCUT2D eigenvalue weighted by Crippen LogP contribution is -2.54. The molecule has 1 fully saturated rings. The molecule has 220 valence electrons. The van der Waals surface area contributed by atoms with Gasteiger partial charge in [0.2, 0.25) is 21.8 Å². The van der Waals surface area contributed by atoms with Gasteiger partial charge in [0.1, 0.15) is 12.6 Å². The Bertz CT molecular complexity index is 1320. The highest BCUT2D eigenvalue weighted by Crippen LogP contribution is 2.32. The molecule has 1 atom stereocenters. The van der Waals surface area contributed by atoms with E-state index in [1.54, 1.807) is 19.1 Å². The molecule has 0 aliphatic heterocycles. The Morgan fingerprint density at radius 1 is 1.07 bits per heavy atom. The summed E-state index contributed by atoms with van der Waals surface area (Å²) in [4.78, 5) is 28.4. The molecule has 0 spiro atoms. The standard InChI is InChI=1S/C27H32Cl2F3N3O4S/c1-3-24(26(37)33-21-9-5-4-6-10-21)34(16-18-12-13-20(28)15-23(18)29)25(36)17-35(40(2,38)39)22-11-7-8-19(14-22)27(30,31)32/h7-8,11-15,21,24H,3-6,9-10,16-17H2,1-2H3,(H,33,37). The van der Waals surface area contributed by atoms with Gasteiger partial charge < -0.3 is 10.2 Å². The number of anilines is 1. The van der Waals surface area contributed by atoms with Crippen LogP contribution in [0.3, 0.4) is 0 Å². The van der Waals surface area contributed by atoms with E-state index in [2.05, 4.69) is 5.32 Å². The zero-order chi connectivity index (χ0) is 29.7. The minimum absolute atomic E-state index is 0.0380. The van der Waals surface area contributed by atoms with E-state index in [0.29, 0.717) is 21.0 Å². The first kappa shape index (κ1) is 32.0. The van der Waals surface area contributed by atoms with Crippen LogP contribution in [-0.4, -0.2) is 50.0 Å². The molecule has 0 radical (unpaired) electrons. The van der Waals surface area contributed by atoms with Gasteiger partial charge in [-0.2, -0.15) is 13.2 Å². The third-order valence-corrected chi connectivity index (χ3v) is 8.56. The van der Waals surface area contributed by atoms with Gasteiger partial charge in [0, 0.05) is 22.6 Å². The van der Waals surface area contributed by atoms with Gasteiger partial charge in [0.05, 0.1) is 17.5 Å². The van der Waals surface area contributed by atoms with Crippen molar-refractivity contribution in [2.75, 3.05) is 17.1 Å². The fourth-order valence-electron chi connectivity index (χ4n) is 4.75. The van der Waals surface area contributed by atoms with Crippen LogP contribution in [0.2, 0.25) is 10.0 Å². The number of hydrogen-bond acceptors (Lipinski definition) is 4. The maximum atomic E-state index is 13.8. The number of hydrogen-bond donors (Lipinski definition) is 1. The molecule has 13 heteroatoms. The molecule has 2 aromatic rings. The molecule has 1 unspecified atom stereocenters. The van der Waals surface area contributed by atoms with Crippen LogP contribution < -0.4 is 9.62 Å². The normalized spacial score (nSPS) is 15.4. The quantitative estimate of drug-likeness (QED) is 0.351. The van der Waals surface area contributed by atoms with Gasteiger partial charge in [-0.05, 0) is 55.2 Å². The van der Waals surface area contributed by atoms with Gasteiger partial charge in [0.15, 0.2) is 0 Å². The highest BCUT2D eigenvalue weighted by molar-refractivity contribution is 7.92. The van der Waals surface area contributed by atoms with E-state index >= 15 is 0 Å². The first-order chi connectivity index (χ1) is 18.7. The number of nitrogens with zero attached hydrogens (tertiary/aromatic N) is 2. The number of carbonyl (C=O) groups is 2. The first-order valence-electron chi connectivity index (χ1n) is 12.9. The van der Waals surface area contributed by atoms with E-state index < -0.39 is 46.2 Å². The Morgan fingerprint density at radius 2 is 1.75 bits per heavy atom. The van der Waals surface area contributed by atoms with Gasteiger partial charge in [-0.1, -0.05) is 61.5 Å². The van der Waals surface area contributed by atoms with Crippen LogP contribution in [0.15, 0.2) is 42.5 Å². The number of rotatable bonds is 10. The number of halogens is 5. The zero-order valence-corrected chi connectivity index (χ0v) is 24.5. The summed E-state index contributed by atoms with van der Waals surface area (Å²) in [5, 5.41) is 3.61. The van der Waals surface area contributed by atoms with Crippen molar-refractivity contribution in [3.8, 4) is 0 Å². The molecule has 0 aromatic heterocycles. The molecule has 40 heavy (non-hydrogen) atoms. The van der Waals surface area contributed by atoms with Crippen LogP contribution in [0.4, 0.5) is 18.9 Å². The van der Waals surface area contributed by atoms with Crippen LogP contribution in [0, 0.1) is 0 Å². The van der Waals surface area contributed by atoms with E-state index in [9.17, 15) is 31.2 Å². The summed E-state index contributed by atoms with van der Waals surface area (Å²) >= 11 is 12.4. The molecule has 1 N–H and O–H groups in total. The highest BCUT2D eigenvalue weighted by Gasteiger charge is 2.35. The second-order valence-electron chi connectivity index (χ2n) is 9.84. The lowest BCUT2D eigenvalue weighted by molar-refractivity contribution is -0.140. The van der Waals surface area contributed by atoms with E-state index in [4.69, 9.17) is 23.2 Å². The number of amides is 2. The average molecular weight is 623 g/mol. The molecule has 0 saturated heterocycles. The first-order valence-corrected chi connectivity index (χ1v) is 15.5. The molecule has 7 nitrogen and oxygen atoms in total. The van der Waals surface area contributed by atoms with Gasteiger partial charge in [-0.3, -0.25) is 13.9 Å². The third kappa shape index (κ3) is 8.50. The third-order valence-electron chi connectivity index (χ3n) is 6.83. The maximum Gasteiger partial charge on any atom is 0.416 e. The maximum absolute atomic E-state index is 13.8. The Labute approximate surface area is 242 Å². The molecular weight excluding hydrogens is 590 g/mol. The monoisotopic (exact) mass is 621 g/mol. The molecule has 2 aromatic carbocycles. The van der Waals surface area contributed by atoms with E-state index in [0.717, 1.165) is 50.5 Å². The summed E-state index contributed by atoms with van der Waals surface area (Å²) in [5.74, 6) is -1.17. The average Bonchev–Trinajstić information content (AvgIpc) is 2.87. The fourth-order valence-corrected chi connectivity index (χ4v) is 6.06. The summed E-state index contributed by atoms with van der Waals surface area (Å²) in [6.45, 7) is 0.750. The summed E-state index contributed by atoms with van der Waals surface area (Å²) in [6, 6.07) is 7.35. The van der Waals surface area contributed by atoms with E-state index in [1.165, 1.54) is 17.0 Å². The van der Waals surface area contributed by atoms with Gasteiger partial charge in [0.25, 0.3) is 0 Å². The van der Waals surface area contributed by atoms with Crippen molar-refractivity contribution < 1.29 is 31.2 Å². The van der Waals surface area contributed by atoms with Crippen molar-refractivity contribution >= 4 is 50.7 Å². The smallest absolute Gasteiger partial charge is 0.352 e. The summed E-state index contributed by atoms with van der Waals surface area (Å²) in [6.07, 6.45) is 0.959. The van der Waals surface area contributed by atoms with Crippen molar-refractivity contribution in [1.82, 2.24) is 10.2 Å². The van der Waals surface area contributed by atoms with Gasteiger partial charge in [-0.25, -0.2) is 8.42 Å². The Morgan fingerprint density at radius 3 is 2.33 bits per heavy atom. The van der Waals surface area contributed by atoms with Crippen molar-refractivity contribution in [1.29, 1.82) is 0 Å². The molecule has 1 saturated carbocycles. The molecule has 3 rings (SSSR count). The van der Waals surface area contributed by atoms with Crippen LogP contribution in [0.25, 0.3) is 0 Å². The van der Waals surface area contributed by atoms with Gasteiger partial charge >= 0.3 is 6.18 Å². The molecule has 2 amide bonds. The number of carbonyl (C=O) groups excluding carboxylic acids is 2. The second kappa shape index (κ2) is 13.4. The van der Waals surface area contributed by atoms with Crippen molar-refractivity contribution in [3.05, 3.63) is 63.6 Å². The van der Waals surface area contributed by atoms with Crippen molar-refractivity contribution in [3.63, 3.8) is 0 Å². The lowest BCUT2D eigenvalue weighted by atomic mass is 9.95. The predicted octanol–water partition coefficient (Wildman–Crippen LogP) is 6.03. The fraction of sp³-hybridized carbons (Fsp3) is 0.481. The minimum atomic E-state index is -4.72. The zero-order valence-electron chi connectivity index (χ0n) is 22.2. The number of benzene rings is 2. The predicted molar refractivity (Wildman–Crippen MR) is 150 cm³/mol. The highest BCUT2D eigenvalue weighted by atomic mass is 35.5. The second-order valence-corrected chi connectivity index (χ2v) is 12.6. The lowest BCUT2D eigenvalue weighted by Gasteiger charge is -2.34. The van der Waals surface area contributed by atoms with Crippen LogP contribution in [0.5, 0.6) is 0 Å². The summed E-state index contributed by atoms with van der Waals surface area (Å²) in [7, 11) is -4.20. The Kier molecular flexibility index (Phi) is 10.8. The number of alkyl halides is 3. The Balaban J connectivity index is 1.97. The van der Waals surface area contributed by atoms with Crippen molar-refractivity contribution in [2.24, 2.45) is 0 Å². The topological polar surface area (TPSA) is 86.8 Å².